The maximum absolute atomic E-state index is 11.4. The van der Waals surface area contributed by atoms with Gasteiger partial charge in [-0.1, -0.05) is 12.1 Å². The van der Waals surface area contributed by atoms with Crippen LogP contribution >= 0.6 is 0 Å². The highest BCUT2D eigenvalue weighted by Gasteiger charge is 2.11. The number of hydrogen-bond acceptors (Lipinski definition) is 7. The molecule has 0 spiro atoms. The first-order valence-electron chi connectivity index (χ1n) is 10.7. The van der Waals surface area contributed by atoms with Crippen molar-refractivity contribution in [2.75, 3.05) is 25.1 Å². The number of carboxylic acids is 1. The molecule has 0 unspecified atom stereocenters. The van der Waals surface area contributed by atoms with E-state index in [2.05, 4.69) is 10.3 Å². The van der Waals surface area contributed by atoms with Gasteiger partial charge in [-0.15, -0.1) is 0 Å². The lowest BCUT2D eigenvalue weighted by molar-refractivity contribution is -0.143. The summed E-state index contributed by atoms with van der Waals surface area (Å²) in [6, 6.07) is 17.0. The van der Waals surface area contributed by atoms with Gasteiger partial charge in [0.1, 0.15) is 17.8 Å². The van der Waals surface area contributed by atoms with Gasteiger partial charge in [0.2, 0.25) is 5.89 Å². The van der Waals surface area contributed by atoms with Crippen molar-refractivity contribution in [3.05, 3.63) is 54.6 Å². The van der Waals surface area contributed by atoms with Crippen molar-refractivity contribution < 1.29 is 28.6 Å². The molecule has 1 heterocycles. The molecule has 0 aliphatic carbocycles. The van der Waals surface area contributed by atoms with Gasteiger partial charge >= 0.3 is 11.9 Å². The molecule has 8 heteroatoms. The smallest absolute Gasteiger partial charge is 0.322 e. The summed E-state index contributed by atoms with van der Waals surface area (Å²) in [6.07, 6.45) is 0.898. The minimum Gasteiger partial charge on any atom is -0.493 e. The van der Waals surface area contributed by atoms with Crippen molar-refractivity contribution in [2.45, 2.75) is 19.8 Å². The Balaban J connectivity index is 1.46. The molecular weight excluding hydrogens is 424 g/mol. The molecule has 0 aliphatic rings. The van der Waals surface area contributed by atoms with Gasteiger partial charge in [-0.3, -0.25) is 9.59 Å². The average molecular weight is 448 g/mol. The van der Waals surface area contributed by atoms with Crippen molar-refractivity contribution in [2.24, 2.45) is 0 Å². The zero-order chi connectivity index (χ0) is 23.2. The summed E-state index contributed by atoms with van der Waals surface area (Å²) in [7, 11) is 0. The van der Waals surface area contributed by atoms with E-state index < -0.39 is 5.97 Å². The van der Waals surface area contributed by atoms with Crippen molar-refractivity contribution in [3.8, 4) is 17.2 Å². The Morgan fingerprint density at radius 3 is 2.70 bits per heavy atom. The van der Waals surface area contributed by atoms with Gasteiger partial charge in [0.15, 0.2) is 5.58 Å². The van der Waals surface area contributed by atoms with Crippen LogP contribution in [0.4, 0.5) is 5.69 Å². The molecule has 0 saturated carbocycles. The van der Waals surface area contributed by atoms with Crippen molar-refractivity contribution in [1.29, 1.82) is 0 Å². The Kier molecular flexibility index (Phi) is 6.73. The van der Waals surface area contributed by atoms with E-state index >= 15 is 0 Å². The van der Waals surface area contributed by atoms with Crippen LogP contribution in [0.5, 0.6) is 5.75 Å². The molecule has 0 radical (unpaired) electrons. The third-order valence-electron chi connectivity index (χ3n) is 4.99. The predicted octanol–water partition coefficient (Wildman–Crippen LogP) is 4.87. The molecule has 4 aromatic rings. The predicted molar refractivity (Wildman–Crippen MR) is 124 cm³/mol. The third kappa shape index (κ3) is 5.60. The van der Waals surface area contributed by atoms with Crippen LogP contribution in [0.15, 0.2) is 59.0 Å². The number of benzene rings is 3. The van der Waals surface area contributed by atoms with Gasteiger partial charge in [-0.2, -0.15) is 0 Å². The van der Waals surface area contributed by atoms with E-state index in [9.17, 15) is 9.59 Å². The summed E-state index contributed by atoms with van der Waals surface area (Å²) in [5, 5.41) is 13.6. The lowest BCUT2D eigenvalue weighted by Gasteiger charge is -2.06. The summed E-state index contributed by atoms with van der Waals surface area (Å²) in [5.74, 6) is 0.0259. The molecule has 0 amide bonds. The highest BCUT2D eigenvalue weighted by atomic mass is 16.5. The van der Waals surface area contributed by atoms with Crippen LogP contribution in [0.3, 0.4) is 0 Å². The van der Waals surface area contributed by atoms with Gasteiger partial charge in [0.05, 0.1) is 13.2 Å². The number of nitrogens with one attached hydrogen (secondary N) is 1. The van der Waals surface area contributed by atoms with E-state index in [1.54, 1.807) is 6.92 Å². The first-order valence-corrected chi connectivity index (χ1v) is 10.7. The number of hydrogen-bond donors (Lipinski definition) is 2. The lowest BCUT2D eigenvalue weighted by Crippen LogP contribution is -2.12. The SMILES string of the molecule is CCOC(=O)CCCOc1ccc2oc(-c3ccc4cc(NCC(=O)O)ccc4c3)nc2c1. The number of aliphatic carboxylic acids is 1. The quantitative estimate of drug-likeness (QED) is 0.261. The summed E-state index contributed by atoms with van der Waals surface area (Å²) >= 11 is 0. The molecule has 3 aromatic carbocycles. The van der Waals surface area contributed by atoms with Crippen LogP contribution in [0.25, 0.3) is 33.3 Å². The molecule has 8 nitrogen and oxygen atoms in total. The fourth-order valence-corrected chi connectivity index (χ4v) is 3.43. The van der Waals surface area contributed by atoms with E-state index in [4.69, 9.17) is 19.0 Å². The number of ether oxygens (including phenoxy) is 2. The van der Waals surface area contributed by atoms with Gasteiger partial charge < -0.3 is 24.3 Å². The fourth-order valence-electron chi connectivity index (χ4n) is 3.43. The monoisotopic (exact) mass is 448 g/mol. The van der Waals surface area contributed by atoms with Crippen LogP contribution < -0.4 is 10.1 Å². The molecule has 1 aromatic heterocycles. The minimum absolute atomic E-state index is 0.135. The molecule has 0 fully saturated rings. The number of anilines is 1. The lowest BCUT2D eigenvalue weighted by atomic mass is 10.1. The summed E-state index contributed by atoms with van der Waals surface area (Å²) in [4.78, 5) is 26.7. The number of carbonyl (C=O) groups is 2. The maximum Gasteiger partial charge on any atom is 0.322 e. The van der Waals surface area contributed by atoms with E-state index in [0.29, 0.717) is 48.8 Å². The summed E-state index contributed by atoms with van der Waals surface area (Å²) in [5.41, 5.74) is 2.91. The number of carboxylic acid groups (broad SMARTS) is 1. The molecule has 0 bridgehead atoms. The highest BCUT2D eigenvalue weighted by Crippen LogP contribution is 2.30. The molecule has 33 heavy (non-hydrogen) atoms. The topological polar surface area (TPSA) is 111 Å². The zero-order valence-electron chi connectivity index (χ0n) is 18.2. The van der Waals surface area contributed by atoms with Crippen molar-refractivity contribution in [1.82, 2.24) is 4.98 Å². The second kappa shape index (κ2) is 10.0. The van der Waals surface area contributed by atoms with Gasteiger partial charge in [-0.05, 0) is 60.5 Å². The minimum atomic E-state index is -0.911. The molecular formula is C25H24N2O6. The van der Waals surface area contributed by atoms with E-state index in [-0.39, 0.29) is 12.5 Å². The van der Waals surface area contributed by atoms with E-state index in [1.807, 2.05) is 54.6 Å². The van der Waals surface area contributed by atoms with Crippen molar-refractivity contribution >= 4 is 39.5 Å². The molecule has 4 rings (SSSR count). The van der Waals surface area contributed by atoms with E-state index in [0.717, 1.165) is 22.0 Å². The fraction of sp³-hybridized carbons (Fsp3) is 0.240. The van der Waals surface area contributed by atoms with Gasteiger partial charge in [0.25, 0.3) is 0 Å². The average Bonchev–Trinajstić information content (AvgIpc) is 3.24. The highest BCUT2D eigenvalue weighted by molar-refractivity contribution is 5.90. The maximum atomic E-state index is 11.4. The number of carbonyl (C=O) groups excluding carboxylic acids is 1. The molecule has 0 saturated heterocycles. The van der Waals surface area contributed by atoms with Gasteiger partial charge in [-0.25, -0.2) is 4.98 Å². The molecule has 0 atom stereocenters. The van der Waals surface area contributed by atoms with Crippen LogP contribution in [-0.4, -0.2) is 41.8 Å². The third-order valence-corrected chi connectivity index (χ3v) is 4.99. The molecule has 170 valence electrons. The normalized spacial score (nSPS) is 10.9. The second-order valence-electron chi connectivity index (χ2n) is 7.43. The molecule has 2 N–H and O–H groups in total. The van der Waals surface area contributed by atoms with Crippen LogP contribution in [0, 0.1) is 0 Å². The number of fused-ring (bicyclic) bond motifs is 2. The Morgan fingerprint density at radius 2 is 1.88 bits per heavy atom. The second-order valence-corrected chi connectivity index (χ2v) is 7.43. The molecule has 0 aliphatic heterocycles. The van der Waals surface area contributed by atoms with Gasteiger partial charge in [0, 0.05) is 23.7 Å². The standard InChI is InChI=1S/C25H24N2O6/c1-2-31-24(30)4-3-11-32-20-9-10-22-21(14-20)27-25(33-22)18-6-5-17-13-19(26-15-23(28)29)8-7-16(17)12-18/h5-10,12-14,26H,2-4,11,15H2,1H3,(H,28,29). The Labute approximate surface area is 190 Å². The first-order chi connectivity index (χ1) is 16.0. The number of oxazole rings is 1. The van der Waals surface area contributed by atoms with Crippen LogP contribution in [0.1, 0.15) is 19.8 Å². The first kappa shape index (κ1) is 22.1. The van der Waals surface area contributed by atoms with Crippen molar-refractivity contribution in [3.63, 3.8) is 0 Å². The summed E-state index contributed by atoms with van der Waals surface area (Å²) in [6.45, 7) is 2.44. The Morgan fingerprint density at radius 1 is 1.06 bits per heavy atom. The van der Waals surface area contributed by atoms with E-state index in [1.165, 1.54) is 0 Å². The number of rotatable bonds is 10. The number of esters is 1. The van der Waals surface area contributed by atoms with Crippen LogP contribution in [-0.2, 0) is 14.3 Å². The number of aromatic nitrogens is 1. The summed E-state index contributed by atoms with van der Waals surface area (Å²) < 4.78 is 16.6. The zero-order valence-corrected chi connectivity index (χ0v) is 18.2. The van der Waals surface area contributed by atoms with Crippen LogP contribution in [0.2, 0.25) is 0 Å². The number of nitrogens with zero attached hydrogens (tertiary/aromatic N) is 1. The largest absolute Gasteiger partial charge is 0.493 e. The Hall–Kier alpha value is -4.07. The Bertz CT molecular complexity index is 1300.